The molecule has 1 aliphatic rings. The van der Waals surface area contributed by atoms with E-state index >= 15 is 0 Å². The number of carbonyl (C=O) groups is 2. The number of Topliss-reactive ketones (excluding diaryl/α,β-unsaturated/α-hetero) is 1. The molecular weight excluding hydrogens is 408 g/mol. The topological polar surface area (TPSA) is 92.9 Å². The van der Waals surface area contributed by atoms with Crippen LogP contribution in [0.5, 0.6) is 5.75 Å². The summed E-state index contributed by atoms with van der Waals surface area (Å²) in [6, 6.07) is 13.9. The number of benzene rings is 2. The van der Waals surface area contributed by atoms with Crippen LogP contribution in [-0.2, 0) is 9.59 Å². The quantitative estimate of drug-likeness (QED) is 0.382. The van der Waals surface area contributed by atoms with Crippen LogP contribution in [0.15, 0.2) is 64.7 Å². The Balaban J connectivity index is 1.94. The third-order valence-corrected chi connectivity index (χ3v) is 5.09. The standard InChI is InChI=1S/C22H17ClN2O5/c1-12-10-17(24-30-12)25-19(13-6-8-15(23)9-7-13)18(21(27)22(25)28)20(26)14-4-3-5-16(11-14)29-2/h3-11,19,26H,1-2H3/t19-/m0/s1. The van der Waals surface area contributed by atoms with Crippen molar-refractivity contribution in [3.05, 3.63) is 82.1 Å². The van der Waals surface area contributed by atoms with E-state index in [4.69, 9.17) is 20.9 Å². The molecule has 1 atom stereocenters. The van der Waals surface area contributed by atoms with Gasteiger partial charge in [-0.1, -0.05) is 41.0 Å². The number of hydrogen-bond acceptors (Lipinski definition) is 6. The third-order valence-electron chi connectivity index (χ3n) is 4.84. The fourth-order valence-corrected chi connectivity index (χ4v) is 3.55. The minimum absolute atomic E-state index is 0.0590. The van der Waals surface area contributed by atoms with Crippen molar-refractivity contribution in [3.8, 4) is 5.75 Å². The first-order valence-electron chi connectivity index (χ1n) is 9.05. The van der Waals surface area contributed by atoms with E-state index in [-0.39, 0.29) is 17.2 Å². The van der Waals surface area contributed by atoms with Crippen molar-refractivity contribution in [2.24, 2.45) is 0 Å². The van der Waals surface area contributed by atoms with E-state index in [0.29, 0.717) is 27.7 Å². The first kappa shape index (κ1) is 19.7. The average molecular weight is 425 g/mol. The number of aromatic nitrogens is 1. The fraction of sp³-hybridized carbons (Fsp3) is 0.136. The van der Waals surface area contributed by atoms with E-state index in [1.807, 2.05) is 0 Å². The Kier molecular flexibility index (Phi) is 5.05. The van der Waals surface area contributed by atoms with Gasteiger partial charge >= 0.3 is 5.91 Å². The molecule has 1 N–H and O–H groups in total. The highest BCUT2D eigenvalue weighted by Gasteiger charge is 2.48. The summed E-state index contributed by atoms with van der Waals surface area (Å²) in [6.45, 7) is 1.68. The van der Waals surface area contributed by atoms with Crippen molar-refractivity contribution in [1.82, 2.24) is 5.16 Å². The van der Waals surface area contributed by atoms with Crippen molar-refractivity contribution in [1.29, 1.82) is 0 Å². The number of nitrogens with zero attached hydrogens (tertiary/aromatic N) is 2. The molecule has 1 saturated heterocycles. The van der Waals surface area contributed by atoms with E-state index in [1.165, 1.54) is 12.0 Å². The number of aliphatic hydroxyl groups is 1. The highest BCUT2D eigenvalue weighted by Crippen LogP contribution is 2.42. The molecule has 3 aromatic rings. The Bertz CT molecular complexity index is 1170. The molecule has 8 heteroatoms. The number of anilines is 1. The molecule has 1 amide bonds. The summed E-state index contributed by atoms with van der Waals surface area (Å²) >= 11 is 6.01. The fourth-order valence-electron chi connectivity index (χ4n) is 3.42. The first-order chi connectivity index (χ1) is 14.4. The monoisotopic (exact) mass is 424 g/mol. The summed E-state index contributed by atoms with van der Waals surface area (Å²) in [4.78, 5) is 27.1. The van der Waals surface area contributed by atoms with Crippen LogP contribution in [0.25, 0.3) is 5.76 Å². The van der Waals surface area contributed by atoms with Gasteiger partial charge in [-0.15, -0.1) is 0 Å². The summed E-state index contributed by atoms with van der Waals surface area (Å²) in [7, 11) is 1.50. The van der Waals surface area contributed by atoms with Gasteiger partial charge in [0.1, 0.15) is 17.3 Å². The van der Waals surface area contributed by atoms with Gasteiger partial charge in [0, 0.05) is 16.7 Å². The van der Waals surface area contributed by atoms with Gasteiger partial charge in [0.25, 0.3) is 5.78 Å². The zero-order valence-corrected chi connectivity index (χ0v) is 16.9. The molecule has 0 radical (unpaired) electrons. The number of ketones is 1. The molecule has 4 rings (SSSR count). The largest absolute Gasteiger partial charge is 0.507 e. The number of carbonyl (C=O) groups excluding carboxylic acids is 2. The first-order valence-corrected chi connectivity index (χ1v) is 9.42. The van der Waals surface area contributed by atoms with Crippen LogP contribution in [0.2, 0.25) is 5.02 Å². The van der Waals surface area contributed by atoms with Crippen molar-refractivity contribution < 1.29 is 24.0 Å². The van der Waals surface area contributed by atoms with E-state index < -0.39 is 17.7 Å². The van der Waals surface area contributed by atoms with Crippen LogP contribution < -0.4 is 9.64 Å². The highest BCUT2D eigenvalue weighted by molar-refractivity contribution is 6.51. The minimum atomic E-state index is -0.905. The minimum Gasteiger partial charge on any atom is -0.507 e. The number of hydrogen-bond donors (Lipinski definition) is 1. The Morgan fingerprint density at radius 1 is 1.17 bits per heavy atom. The maximum atomic E-state index is 13.0. The van der Waals surface area contributed by atoms with E-state index in [0.717, 1.165) is 0 Å². The van der Waals surface area contributed by atoms with Gasteiger partial charge in [-0.3, -0.25) is 14.5 Å². The van der Waals surface area contributed by atoms with Crippen molar-refractivity contribution in [2.75, 3.05) is 12.0 Å². The third kappa shape index (κ3) is 3.33. The second-order valence-corrected chi connectivity index (χ2v) is 7.18. The summed E-state index contributed by atoms with van der Waals surface area (Å²) in [6.07, 6.45) is 0. The number of ether oxygens (including phenoxy) is 1. The zero-order chi connectivity index (χ0) is 21.4. The summed E-state index contributed by atoms with van der Waals surface area (Å²) in [5.41, 5.74) is 0.877. The van der Waals surface area contributed by atoms with Crippen LogP contribution in [0, 0.1) is 6.92 Å². The second-order valence-electron chi connectivity index (χ2n) is 6.75. The Morgan fingerprint density at radius 3 is 2.53 bits per heavy atom. The van der Waals surface area contributed by atoms with Crippen molar-refractivity contribution >= 4 is 34.9 Å². The molecule has 2 aromatic carbocycles. The van der Waals surface area contributed by atoms with Gasteiger partial charge in [0.2, 0.25) is 0 Å². The van der Waals surface area contributed by atoms with Gasteiger partial charge in [-0.2, -0.15) is 0 Å². The molecule has 152 valence electrons. The molecule has 2 heterocycles. The number of methoxy groups -OCH3 is 1. The van der Waals surface area contributed by atoms with E-state index in [9.17, 15) is 14.7 Å². The number of aryl methyl sites for hydroxylation is 1. The summed E-state index contributed by atoms with van der Waals surface area (Å²) < 4.78 is 10.3. The van der Waals surface area contributed by atoms with Crippen LogP contribution in [0.1, 0.15) is 22.9 Å². The highest BCUT2D eigenvalue weighted by atomic mass is 35.5. The average Bonchev–Trinajstić information content (AvgIpc) is 3.29. The molecule has 0 aliphatic carbocycles. The Hall–Kier alpha value is -3.58. The SMILES string of the molecule is COc1cccc(C(O)=C2C(=O)C(=O)N(c3cc(C)on3)[C@H]2c2ccc(Cl)cc2)c1. The number of aliphatic hydroxyl groups excluding tert-OH is 1. The lowest BCUT2D eigenvalue weighted by Crippen LogP contribution is -2.29. The molecule has 0 spiro atoms. The Morgan fingerprint density at radius 2 is 1.90 bits per heavy atom. The van der Waals surface area contributed by atoms with Gasteiger partial charge in [0.05, 0.1) is 18.7 Å². The Labute approximate surface area is 177 Å². The van der Waals surface area contributed by atoms with Crippen LogP contribution in [-0.4, -0.2) is 29.1 Å². The second kappa shape index (κ2) is 7.68. The van der Waals surface area contributed by atoms with Gasteiger partial charge < -0.3 is 14.4 Å². The zero-order valence-electron chi connectivity index (χ0n) is 16.1. The maximum Gasteiger partial charge on any atom is 0.301 e. The molecule has 0 unspecified atom stereocenters. The molecule has 1 fully saturated rings. The lowest BCUT2D eigenvalue weighted by atomic mass is 9.95. The predicted octanol–water partition coefficient (Wildman–Crippen LogP) is 4.27. The van der Waals surface area contributed by atoms with Crippen LogP contribution in [0.3, 0.4) is 0 Å². The molecule has 1 aromatic heterocycles. The number of halogens is 1. The molecule has 0 bridgehead atoms. The molecule has 0 saturated carbocycles. The molecule has 7 nitrogen and oxygen atoms in total. The molecular formula is C22H17ClN2O5. The maximum absolute atomic E-state index is 13.0. The number of amides is 1. The predicted molar refractivity (Wildman–Crippen MR) is 110 cm³/mol. The van der Waals surface area contributed by atoms with E-state index in [2.05, 4.69) is 5.16 Å². The molecule has 30 heavy (non-hydrogen) atoms. The van der Waals surface area contributed by atoms with Crippen LogP contribution >= 0.6 is 11.6 Å². The van der Waals surface area contributed by atoms with Crippen LogP contribution in [0.4, 0.5) is 5.82 Å². The van der Waals surface area contributed by atoms with Gasteiger partial charge in [-0.25, -0.2) is 0 Å². The normalized spacial score (nSPS) is 18.1. The lowest BCUT2D eigenvalue weighted by molar-refractivity contribution is -0.132. The summed E-state index contributed by atoms with van der Waals surface area (Å²) in [5, 5.41) is 15.4. The smallest absolute Gasteiger partial charge is 0.301 e. The van der Waals surface area contributed by atoms with Crippen molar-refractivity contribution in [3.63, 3.8) is 0 Å². The van der Waals surface area contributed by atoms with E-state index in [1.54, 1.807) is 61.5 Å². The summed E-state index contributed by atoms with van der Waals surface area (Å²) in [5.74, 6) is -0.782. The lowest BCUT2D eigenvalue weighted by Gasteiger charge is -2.22. The number of rotatable bonds is 4. The molecule has 1 aliphatic heterocycles. The van der Waals surface area contributed by atoms with Crippen molar-refractivity contribution in [2.45, 2.75) is 13.0 Å². The van der Waals surface area contributed by atoms with Gasteiger partial charge in [-0.05, 0) is 36.8 Å². The van der Waals surface area contributed by atoms with Gasteiger partial charge in [0.15, 0.2) is 5.82 Å².